The fourth-order valence-electron chi connectivity index (χ4n) is 4.61. The van der Waals surface area contributed by atoms with Crippen LogP contribution >= 0.6 is 0 Å². The van der Waals surface area contributed by atoms with Crippen molar-refractivity contribution >= 4 is 11.6 Å². The van der Waals surface area contributed by atoms with E-state index < -0.39 is 0 Å². The lowest BCUT2D eigenvalue weighted by Crippen LogP contribution is -2.53. The molecule has 0 bridgehead atoms. The van der Waals surface area contributed by atoms with Crippen molar-refractivity contribution in [3.05, 3.63) is 29.3 Å². The number of anilines is 1. The van der Waals surface area contributed by atoms with E-state index in [-0.39, 0.29) is 5.91 Å². The van der Waals surface area contributed by atoms with Gasteiger partial charge in [-0.05, 0) is 69.9 Å². The molecule has 0 spiro atoms. The topological polar surface area (TPSA) is 38.8 Å². The largest absolute Gasteiger partial charge is 0.324 e. The number of rotatable bonds is 18. The van der Waals surface area contributed by atoms with E-state index in [4.69, 9.17) is 0 Å². The number of para-hydroxylation sites is 1. The first-order valence-electron chi connectivity index (χ1n) is 13.8. The first-order chi connectivity index (χ1) is 16.2. The van der Waals surface area contributed by atoms with Gasteiger partial charge in [-0.1, -0.05) is 72.6 Å². The zero-order valence-electron chi connectivity index (χ0n) is 23.6. The van der Waals surface area contributed by atoms with Gasteiger partial charge in [-0.2, -0.15) is 0 Å². The highest BCUT2D eigenvalue weighted by Crippen LogP contribution is 2.20. The van der Waals surface area contributed by atoms with Crippen LogP contribution in [0, 0.1) is 19.8 Å². The molecule has 1 N–H and O–H groups in total. The summed E-state index contributed by atoms with van der Waals surface area (Å²) in [7, 11) is 0. The molecule has 0 radical (unpaired) electrons. The highest BCUT2D eigenvalue weighted by atomic mass is 16.2. The number of unbranched alkanes of at least 4 members (excludes halogenated alkanes) is 2. The predicted molar refractivity (Wildman–Crippen MR) is 149 cm³/mol. The molecule has 5 heteroatoms. The second-order valence-corrected chi connectivity index (χ2v) is 10.3. The quantitative estimate of drug-likeness (QED) is 0.291. The molecule has 196 valence electrons. The molecule has 0 aliphatic carbocycles. The molecule has 1 aromatic rings. The van der Waals surface area contributed by atoms with E-state index in [0.29, 0.717) is 18.5 Å². The molecule has 1 amide bonds. The Hall–Kier alpha value is -1.43. The van der Waals surface area contributed by atoms with Gasteiger partial charge >= 0.3 is 0 Å². The van der Waals surface area contributed by atoms with Crippen LogP contribution in [0.5, 0.6) is 0 Å². The van der Waals surface area contributed by atoms with Crippen LogP contribution in [0.2, 0.25) is 0 Å². The average molecular weight is 475 g/mol. The van der Waals surface area contributed by atoms with Gasteiger partial charge in [0.1, 0.15) is 0 Å². The summed E-state index contributed by atoms with van der Waals surface area (Å²) < 4.78 is 0. The summed E-state index contributed by atoms with van der Waals surface area (Å²) in [5, 5.41) is 3.23. The zero-order valence-corrected chi connectivity index (χ0v) is 23.6. The fraction of sp³-hybridized carbons (Fsp3) is 0.759. The Bertz CT molecular complexity index is 658. The number of amides is 1. The Morgan fingerprint density at radius 3 is 1.85 bits per heavy atom. The van der Waals surface area contributed by atoms with Gasteiger partial charge in [-0.25, -0.2) is 0 Å². The smallest absolute Gasteiger partial charge is 0.238 e. The van der Waals surface area contributed by atoms with Crippen LogP contribution in [-0.4, -0.2) is 79.0 Å². The summed E-state index contributed by atoms with van der Waals surface area (Å²) in [6, 6.07) is 6.51. The van der Waals surface area contributed by atoms with Gasteiger partial charge in [-0.15, -0.1) is 0 Å². The molecule has 5 nitrogen and oxygen atoms in total. The van der Waals surface area contributed by atoms with E-state index >= 15 is 0 Å². The van der Waals surface area contributed by atoms with Crippen molar-refractivity contribution < 1.29 is 4.79 Å². The van der Waals surface area contributed by atoms with Gasteiger partial charge in [0.05, 0.1) is 6.54 Å². The third-order valence-corrected chi connectivity index (χ3v) is 6.70. The van der Waals surface area contributed by atoms with Gasteiger partial charge in [0.25, 0.3) is 0 Å². The minimum Gasteiger partial charge on any atom is -0.324 e. The summed E-state index contributed by atoms with van der Waals surface area (Å²) >= 11 is 0. The molecule has 1 unspecified atom stereocenters. The third-order valence-electron chi connectivity index (χ3n) is 6.70. The molecule has 34 heavy (non-hydrogen) atoms. The third kappa shape index (κ3) is 11.3. The molecule has 0 saturated carbocycles. The molecule has 0 heterocycles. The lowest BCUT2D eigenvalue weighted by molar-refractivity contribution is -0.118. The predicted octanol–water partition coefficient (Wildman–Crippen LogP) is 5.81. The molecular weight excluding hydrogens is 420 g/mol. The molecule has 0 aromatic heterocycles. The highest BCUT2D eigenvalue weighted by Gasteiger charge is 2.26. The minimum absolute atomic E-state index is 0.0938. The monoisotopic (exact) mass is 474 g/mol. The van der Waals surface area contributed by atoms with Crippen molar-refractivity contribution in [2.45, 2.75) is 87.1 Å². The number of carbonyl (C=O) groups excluding carboxylic acids is 1. The van der Waals surface area contributed by atoms with Crippen LogP contribution in [0.4, 0.5) is 5.69 Å². The number of nitrogens with one attached hydrogen (secondary N) is 1. The summed E-state index contributed by atoms with van der Waals surface area (Å²) in [5.41, 5.74) is 3.20. The standard InChI is InChI=1S/C29H54N4O/c1-9-13-18-32(19-14-10-2)22-27(21-31(11-3)12-4)33(20-24(5)6)23-28(34)30-29-25(7)16-15-17-26(29)8/h15-17,24,27H,9-14,18-23H2,1-8H3,(H,30,34). The van der Waals surface area contributed by atoms with Crippen molar-refractivity contribution in [2.75, 3.05) is 57.7 Å². The molecule has 0 aliphatic heterocycles. The van der Waals surface area contributed by atoms with Crippen LogP contribution in [-0.2, 0) is 4.79 Å². The van der Waals surface area contributed by atoms with Gasteiger partial charge < -0.3 is 15.1 Å². The number of carbonyl (C=O) groups is 1. The maximum absolute atomic E-state index is 13.3. The molecule has 0 fully saturated rings. The number of nitrogens with zero attached hydrogens (tertiary/aromatic N) is 3. The van der Waals surface area contributed by atoms with E-state index in [1.807, 2.05) is 6.07 Å². The van der Waals surface area contributed by atoms with Crippen LogP contribution in [0.3, 0.4) is 0 Å². The van der Waals surface area contributed by atoms with Crippen LogP contribution in [0.25, 0.3) is 0 Å². The maximum Gasteiger partial charge on any atom is 0.238 e. The molecule has 0 saturated heterocycles. The van der Waals surface area contributed by atoms with Crippen LogP contribution in [0.1, 0.15) is 78.4 Å². The molecule has 1 rings (SSSR count). The van der Waals surface area contributed by atoms with E-state index in [9.17, 15) is 4.79 Å². The van der Waals surface area contributed by atoms with Crippen molar-refractivity contribution in [2.24, 2.45) is 5.92 Å². The number of hydrogen-bond donors (Lipinski definition) is 1. The first-order valence-corrected chi connectivity index (χ1v) is 13.8. The van der Waals surface area contributed by atoms with E-state index in [2.05, 4.69) is 87.5 Å². The Morgan fingerprint density at radius 1 is 0.853 bits per heavy atom. The van der Waals surface area contributed by atoms with Gasteiger partial charge in [0.2, 0.25) is 5.91 Å². The molecular formula is C29H54N4O. The van der Waals surface area contributed by atoms with Gasteiger partial charge in [0.15, 0.2) is 0 Å². The second kappa shape index (κ2) is 17.1. The number of likely N-dealkylation sites (N-methyl/N-ethyl adjacent to an activating group) is 1. The Morgan fingerprint density at radius 2 is 1.38 bits per heavy atom. The normalized spacial score (nSPS) is 12.8. The van der Waals surface area contributed by atoms with E-state index in [1.54, 1.807) is 0 Å². The maximum atomic E-state index is 13.3. The van der Waals surface area contributed by atoms with E-state index in [0.717, 1.165) is 62.6 Å². The highest BCUT2D eigenvalue weighted by molar-refractivity contribution is 5.93. The number of benzene rings is 1. The van der Waals surface area contributed by atoms with Crippen LogP contribution < -0.4 is 5.32 Å². The Labute approximate surface area is 211 Å². The summed E-state index contributed by atoms with van der Waals surface area (Å²) in [5.74, 6) is 0.600. The van der Waals surface area contributed by atoms with Crippen LogP contribution in [0.15, 0.2) is 18.2 Å². The fourth-order valence-corrected chi connectivity index (χ4v) is 4.61. The average Bonchev–Trinajstić information content (AvgIpc) is 2.79. The van der Waals surface area contributed by atoms with Crippen molar-refractivity contribution in [1.29, 1.82) is 0 Å². The van der Waals surface area contributed by atoms with Gasteiger partial charge in [0, 0.05) is 31.4 Å². The van der Waals surface area contributed by atoms with Gasteiger partial charge in [-0.3, -0.25) is 9.69 Å². The molecule has 1 atom stereocenters. The molecule has 1 aromatic carbocycles. The number of aryl methyl sites for hydroxylation is 2. The second-order valence-electron chi connectivity index (χ2n) is 10.3. The van der Waals surface area contributed by atoms with Crippen molar-refractivity contribution in [1.82, 2.24) is 14.7 Å². The lowest BCUT2D eigenvalue weighted by atomic mass is 10.1. The summed E-state index contributed by atoms with van der Waals surface area (Å²) in [4.78, 5) is 20.9. The Balaban J connectivity index is 3.12. The SMILES string of the molecule is CCCCN(CCCC)CC(CN(CC)CC)N(CC(=O)Nc1c(C)cccc1C)CC(C)C. The summed E-state index contributed by atoms with van der Waals surface area (Å²) in [6.45, 7) is 25.5. The van der Waals surface area contributed by atoms with E-state index in [1.165, 1.54) is 25.7 Å². The Kier molecular flexibility index (Phi) is 15.4. The molecule has 0 aliphatic rings. The van der Waals surface area contributed by atoms with Crippen molar-refractivity contribution in [3.8, 4) is 0 Å². The lowest BCUT2D eigenvalue weighted by Gasteiger charge is -2.38. The summed E-state index contributed by atoms with van der Waals surface area (Å²) in [6.07, 6.45) is 4.91. The zero-order chi connectivity index (χ0) is 25.5. The minimum atomic E-state index is 0.0938. The van der Waals surface area contributed by atoms with Crippen molar-refractivity contribution in [3.63, 3.8) is 0 Å². The number of hydrogen-bond acceptors (Lipinski definition) is 4. The first kappa shape index (κ1) is 30.6.